The molecule has 2 rings (SSSR count). The summed E-state index contributed by atoms with van der Waals surface area (Å²) in [6, 6.07) is 8.08. The highest BCUT2D eigenvalue weighted by Crippen LogP contribution is 2.11. The monoisotopic (exact) mass is 309 g/mol. The first-order valence-electron chi connectivity index (χ1n) is 7.44. The third-order valence-electron chi connectivity index (χ3n) is 4.03. The average Bonchev–Trinajstić information content (AvgIpc) is 2.43. The van der Waals surface area contributed by atoms with Gasteiger partial charge in [0, 0.05) is 43.7 Å². The first-order valence-corrected chi connectivity index (χ1v) is 7.82. The number of hydrogen-bond acceptors (Lipinski definition) is 3. The van der Waals surface area contributed by atoms with Crippen molar-refractivity contribution < 1.29 is 4.79 Å². The van der Waals surface area contributed by atoms with Gasteiger partial charge in [-0.15, -0.1) is 0 Å². The molecular formula is C16H24ClN3O. The Balaban J connectivity index is 1.72. The highest BCUT2D eigenvalue weighted by molar-refractivity contribution is 6.30. The van der Waals surface area contributed by atoms with Crippen LogP contribution in [0.15, 0.2) is 24.3 Å². The average molecular weight is 310 g/mol. The van der Waals surface area contributed by atoms with Crippen molar-refractivity contribution >= 4 is 17.5 Å². The van der Waals surface area contributed by atoms with Crippen LogP contribution in [0.1, 0.15) is 12.0 Å². The molecule has 1 atom stereocenters. The second-order valence-corrected chi connectivity index (χ2v) is 6.27. The van der Waals surface area contributed by atoms with Gasteiger partial charge in [0.05, 0.1) is 0 Å². The fourth-order valence-electron chi connectivity index (χ4n) is 2.65. The van der Waals surface area contributed by atoms with Crippen molar-refractivity contribution in [2.24, 2.45) is 0 Å². The number of rotatable bonds is 5. The largest absolute Gasteiger partial charge is 0.356 e. The lowest BCUT2D eigenvalue weighted by atomic mass is 10.1. The van der Waals surface area contributed by atoms with Crippen LogP contribution in [-0.2, 0) is 11.2 Å². The molecule has 0 aliphatic carbocycles. The van der Waals surface area contributed by atoms with Crippen LogP contribution in [0.5, 0.6) is 0 Å². The maximum absolute atomic E-state index is 12.0. The van der Waals surface area contributed by atoms with Crippen molar-refractivity contribution in [3.8, 4) is 0 Å². The number of carbonyl (C=O) groups is 1. The quantitative estimate of drug-likeness (QED) is 0.898. The maximum Gasteiger partial charge on any atom is 0.221 e. The van der Waals surface area contributed by atoms with Crippen molar-refractivity contribution in [1.82, 2.24) is 15.1 Å². The van der Waals surface area contributed by atoms with E-state index in [1.165, 1.54) is 0 Å². The van der Waals surface area contributed by atoms with Crippen molar-refractivity contribution in [3.63, 3.8) is 0 Å². The van der Waals surface area contributed by atoms with Gasteiger partial charge in [-0.05, 0) is 38.2 Å². The van der Waals surface area contributed by atoms with Crippen molar-refractivity contribution in [3.05, 3.63) is 34.9 Å². The van der Waals surface area contributed by atoms with E-state index in [0.29, 0.717) is 19.0 Å². The van der Waals surface area contributed by atoms with Gasteiger partial charge in [-0.3, -0.25) is 4.79 Å². The topological polar surface area (TPSA) is 35.6 Å². The molecule has 1 aromatic carbocycles. The fourth-order valence-corrected chi connectivity index (χ4v) is 2.86. The summed E-state index contributed by atoms with van der Waals surface area (Å²) in [5.41, 5.74) is 1.15. The molecule has 1 aliphatic rings. The number of carbonyl (C=O) groups excluding carboxylic acids is 1. The summed E-state index contributed by atoms with van der Waals surface area (Å²) >= 11 is 5.95. The van der Waals surface area contributed by atoms with Gasteiger partial charge in [0.2, 0.25) is 5.91 Å². The van der Waals surface area contributed by atoms with E-state index in [1.807, 2.05) is 24.3 Å². The van der Waals surface area contributed by atoms with Crippen molar-refractivity contribution in [1.29, 1.82) is 0 Å². The van der Waals surface area contributed by atoms with E-state index < -0.39 is 0 Å². The molecule has 1 aliphatic heterocycles. The summed E-state index contributed by atoms with van der Waals surface area (Å²) in [4.78, 5) is 16.6. The molecule has 0 radical (unpaired) electrons. The summed E-state index contributed by atoms with van der Waals surface area (Å²) in [5.74, 6) is 0.129. The summed E-state index contributed by atoms with van der Waals surface area (Å²) in [6.07, 6.45) is 1.38. The molecule has 0 spiro atoms. The van der Waals surface area contributed by atoms with E-state index >= 15 is 0 Å². The Morgan fingerprint density at radius 2 is 2.19 bits per heavy atom. The number of nitrogens with zero attached hydrogens (tertiary/aromatic N) is 2. The standard InChI is InChI=1S/C16H24ClN3O/c1-19-8-9-20(2)15(12-19)11-16(21)18-7-6-13-4-3-5-14(17)10-13/h3-5,10,15H,6-9,11-12H2,1-2H3,(H,18,21)/t15-/m0/s1. The summed E-state index contributed by atoms with van der Waals surface area (Å²) < 4.78 is 0. The molecule has 0 bridgehead atoms. The Kier molecular flexibility index (Phi) is 6.03. The van der Waals surface area contributed by atoms with E-state index in [4.69, 9.17) is 11.6 Å². The van der Waals surface area contributed by atoms with Crippen LogP contribution in [0, 0.1) is 0 Å². The lowest BCUT2D eigenvalue weighted by Crippen LogP contribution is -2.51. The van der Waals surface area contributed by atoms with Crippen LogP contribution in [0.25, 0.3) is 0 Å². The number of hydrogen-bond donors (Lipinski definition) is 1. The van der Waals surface area contributed by atoms with E-state index in [1.54, 1.807) is 0 Å². The summed E-state index contributed by atoms with van der Waals surface area (Å²) in [6.45, 7) is 3.71. The minimum absolute atomic E-state index is 0.129. The molecule has 21 heavy (non-hydrogen) atoms. The van der Waals surface area contributed by atoms with Crippen LogP contribution in [0.4, 0.5) is 0 Å². The normalized spacial score (nSPS) is 20.4. The zero-order valence-corrected chi connectivity index (χ0v) is 13.6. The molecule has 0 aromatic heterocycles. The van der Waals surface area contributed by atoms with Gasteiger partial charge in [-0.25, -0.2) is 0 Å². The molecule has 1 amide bonds. The number of amides is 1. The molecule has 116 valence electrons. The number of likely N-dealkylation sites (N-methyl/N-ethyl adjacent to an activating group) is 2. The minimum atomic E-state index is 0.129. The van der Waals surface area contributed by atoms with Crippen LogP contribution in [0.2, 0.25) is 5.02 Å². The lowest BCUT2D eigenvalue weighted by Gasteiger charge is -2.37. The molecule has 1 saturated heterocycles. The van der Waals surface area contributed by atoms with E-state index in [0.717, 1.165) is 36.6 Å². The predicted octanol–water partition coefficient (Wildman–Crippen LogP) is 1.63. The van der Waals surface area contributed by atoms with E-state index in [9.17, 15) is 4.79 Å². The molecule has 1 aromatic rings. The molecule has 1 N–H and O–H groups in total. The first kappa shape index (κ1) is 16.3. The van der Waals surface area contributed by atoms with E-state index in [-0.39, 0.29) is 5.91 Å². The highest BCUT2D eigenvalue weighted by Gasteiger charge is 2.24. The first-order chi connectivity index (χ1) is 10.0. The Morgan fingerprint density at radius 3 is 2.95 bits per heavy atom. The van der Waals surface area contributed by atoms with Crippen LogP contribution in [-0.4, -0.2) is 62.0 Å². The van der Waals surface area contributed by atoms with Crippen molar-refractivity contribution in [2.75, 3.05) is 40.3 Å². The Labute approximate surface area is 132 Å². The third kappa shape index (κ3) is 5.30. The van der Waals surface area contributed by atoms with Gasteiger partial charge in [-0.1, -0.05) is 23.7 Å². The SMILES string of the molecule is CN1CCN(C)[C@@H](CC(=O)NCCc2cccc(Cl)c2)C1. The molecule has 4 nitrogen and oxygen atoms in total. The summed E-state index contributed by atoms with van der Waals surface area (Å²) in [7, 11) is 4.20. The zero-order valence-electron chi connectivity index (χ0n) is 12.8. The second kappa shape index (κ2) is 7.78. The maximum atomic E-state index is 12.0. The predicted molar refractivity (Wildman–Crippen MR) is 86.7 cm³/mol. The smallest absolute Gasteiger partial charge is 0.221 e. The number of benzene rings is 1. The van der Waals surface area contributed by atoms with Gasteiger partial charge in [-0.2, -0.15) is 0 Å². The number of nitrogens with one attached hydrogen (secondary N) is 1. The van der Waals surface area contributed by atoms with Crippen LogP contribution < -0.4 is 5.32 Å². The minimum Gasteiger partial charge on any atom is -0.356 e. The number of halogens is 1. The number of piperazine rings is 1. The van der Waals surface area contributed by atoms with Gasteiger partial charge in [0.15, 0.2) is 0 Å². The van der Waals surface area contributed by atoms with Crippen LogP contribution in [0.3, 0.4) is 0 Å². The molecule has 1 fully saturated rings. The highest BCUT2D eigenvalue weighted by atomic mass is 35.5. The Morgan fingerprint density at radius 1 is 1.38 bits per heavy atom. The molecular weight excluding hydrogens is 286 g/mol. The van der Waals surface area contributed by atoms with Gasteiger partial charge in [0.1, 0.15) is 0 Å². The van der Waals surface area contributed by atoms with Crippen LogP contribution >= 0.6 is 11.6 Å². The zero-order chi connectivity index (χ0) is 15.2. The molecule has 5 heteroatoms. The van der Waals surface area contributed by atoms with Crippen molar-refractivity contribution in [2.45, 2.75) is 18.9 Å². The molecule has 0 saturated carbocycles. The second-order valence-electron chi connectivity index (χ2n) is 5.83. The Hall–Kier alpha value is -1.10. The third-order valence-corrected chi connectivity index (χ3v) is 4.26. The lowest BCUT2D eigenvalue weighted by molar-refractivity contribution is -0.122. The van der Waals surface area contributed by atoms with E-state index in [2.05, 4.69) is 29.2 Å². The Bertz CT molecular complexity index is 480. The fraction of sp³-hybridized carbons (Fsp3) is 0.562. The van der Waals surface area contributed by atoms with Gasteiger partial charge >= 0.3 is 0 Å². The molecule has 1 heterocycles. The van der Waals surface area contributed by atoms with Gasteiger partial charge < -0.3 is 15.1 Å². The summed E-state index contributed by atoms with van der Waals surface area (Å²) in [5, 5.41) is 3.75. The molecule has 0 unspecified atom stereocenters. The van der Waals surface area contributed by atoms with Gasteiger partial charge in [0.25, 0.3) is 0 Å².